The van der Waals surface area contributed by atoms with Gasteiger partial charge in [-0.25, -0.2) is 16.8 Å². The molecule has 1 aliphatic rings. The molecular formula is C20H25N3O6S2. The highest BCUT2D eigenvalue weighted by molar-refractivity contribution is 7.92. The molecule has 0 saturated heterocycles. The molecule has 0 unspecified atom stereocenters. The Kier molecular flexibility index (Phi) is 6.58. The van der Waals surface area contributed by atoms with Crippen LogP contribution in [0.4, 0.5) is 11.4 Å². The zero-order valence-electron chi connectivity index (χ0n) is 17.5. The molecule has 3 rings (SSSR count). The van der Waals surface area contributed by atoms with Gasteiger partial charge in [-0.3, -0.25) is 9.10 Å². The molecule has 0 aromatic heterocycles. The lowest BCUT2D eigenvalue weighted by atomic mass is 10.2. The summed E-state index contributed by atoms with van der Waals surface area (Å²) in [6, 6.07) is 12.4. The average Bonchev–Trinajstić information content (AvgIpc) is 2.73. The van der Waals surface area contributed by atoms with E-state index in [1.54, 1.807) is 38.1 Å². The first-order chi connectivity index (χ1) is 14.6. The number of carbonyl (C=O) groups is 1. The standard InChI is InChI=1S/C20H25N3O6S2/c1-4-22(5-2)31(27,28)16-12-10-15(11-13-16)21-20(24)19-14-23(30(3,25)26)17-8-6-7-9-18(17)29-19/h6-13,19H,4-5,14H2,1-3H3,(H,21,24)/t19-/m0/s1. The summed E-state index contributed by atoms with van der Waals surface area (Å²) in [4.78, 5) is 12.9. The lowest BCUT2D eigenvalue weighted by Crippen LogP contribution is -2.48. The van der Waals surface area contributed by atoms with Gasteiger partial charge in [0.15, 0.2) is 6.10 Å². The van der Waals surface area contributed by atoms with Crippen molar-refractivity contribution in [1.82, 2.24) is 4.31 Å². The zero-order valence-corrected chi connectivity index (χ0v) is 19.1. The molecule has 168 valence electrons. The van der Waals surface area contributed by atoms with Crippen molar-refractivity contribution in [3.8, 4) is 5.75 Å². The first kappa shape index (κ1) is 23.0. The van der Waals surface area contributed by atoms with Crippen LogP contribution < -0.4 is 14.4 Å². The van der Waals surface area contributed by atoms with Crippen LogP contribution in [0, 0.1) is 0 Å². The number of amides is 1. The number of anilines is 2. The van der Waals surface area contributed by atoms with Crippen LogP contribution in [0.1, 0.15) is 13.8 Å². The molecular weight excluding hydrogens is 442 g/mol. The monoisotopic (exact) mass is 467 g/mol. The highest BCUT2D eigenvalue weighted by atomic mass is 32.2. The number of nitrogens with zero attached hydrogens (tertiary/aromatic N) is 2. The maximum Gasteiger partial charge on any atom is 0.267 e. The molecule has 0 bridgehead atoms. The van der Waals surface area contributed by atoms with Crippen molar-refractivity contribution in [2.45, 2.75) is 24.8 Å². The second kappa shape index (κ2) is 8.85. The maximum absolute atomic E-state index is 12.7. The van der Waals surface area contributed by atoms with Gasteiger partial charge in [0.1, 0.15) is 5.75 Å². The van der Waals surface area contributed by atoms with Crippen molar-refractivity contribution in [2.75, 3.05) is 35.5 Å². The molecule has 0 aliphatic carbocycles. The molecule has 11 heteroatoms. The number of benzene rings is 2. The summed E-state index contributed by atoms with van der Waals surface area (Å²) in [5.41, 5.74) is 0.747. The molecule has 0 saturated carbocycles. The van der Waals surface area contributed by atoms with Crippen molar-refractivity contribution in [3.63, 3.8) is 0 Å². The maximum atomic E-state index is 12.7. The average molecular weight is 468 g/mol. The number of rotatable bonds is 7. The molecule has 1 atom stereocenters. The number of para-hydroxylation sites is 2. The Hall–Kier alpha value is -2.63. The van der Waals surface area contributed by atoms with E-state index >= 15 is 0 Å². The topological polar surface area (TPSA) is 113 Å². The van der Waals surface area contributed by atoms with Gasteiger partial charge in [-0.1, -0.05) is 26.0 Å². The van der Waals surface area contributed by atoms with Gasteiger partial charge in [0.05, 0.1) is 23.4 Å². The summed E-state index contributed by atoms with van der Waals surface area (Å²) in [7, 11) is -7.21. The van der Waals surface area contributed by atoms with E-state index in [0.717, 1.165) is 10.6 Å². The van der Waals surface area contributed by atoms with Crippen molar-refractivity contribution in [2.24, 2.45) is 0 Å². The molecule has 31 heavy (non-hydrogen) atoms. The summed E-state index contributed by atoms with van der Waals surface area (Å²) in [6.07, 6.45) is 0.00256. The zero-order chi connectivity index (χ0) is 22.8. The molecule has 0 spiro atoms. The fourth-order valence-electron chi connectivity index (χ4n) is 3.30. The van der Waals surface area contributed by atoms with E-state index in [2.05, 4.69) is 5.32 Å². The van der Waals surface area contributed by atoms with Crippen LogP contribution in [-0.4, -0.2) is 59.0 Å². The molecule has 1 aliphatic heterocycles. The van der Waals surface area contributed by atoms with Gasteiger partial charge < -0.3 is 10.1 Å². The van der Waals surface area contributed by atoms with Crippen LogP contribution in [-0.2, 0) is 24.8 Å². The predicted octanol–water partition coefficient (Wildman–Crippen LogP) is 1.88. The van der Waals surface area contributed by atoms with Crippen molar-refractivity contribution in [3.05, 3.63) is 48.5 Å². The Balaban J connectivity index is 1.78. The third-order valence-corrected chi connectivity index (χ3v) is 8.10. The van der Waals surface area contributed by atoms with Gasteiger partial charge in [0, 0.05) is 18.8 Å². The first-order valence-electron chi connectivity index (χ1n) is 9.72. The molecule has 1 heterocycles. The highest BCUT2D eigenvalue weighted by Crippen LogP contribution is 2.34. The summed E-state index contributed by atoms with van der Waals surface area (Å²) in [6.45, 7) is 4.06. The third kappa shape index (κ3) is 4.83. The van der Waals surface area contributed by atoms with Crippen LogP contribution in [0.15, 0.2) is 53.4 Å². The fraction of sp³-hybridized carbons (Fsp3) is 0.350. The highest BCUT2D eigenvalue weighted by Gasteiger charge is 2.35. The number of hydrogen-bond acceptors (Lipinski definition) is 6. The van der Waals surface area contributed by atoms with E-state index in [1.165, 1.54) is 28.6 Å². The minimum absolute atomic E-state index is 0.125. The van der Waals surface area contributed by atoms with Crippen LogP contribution >= 0.6 is 0 Å². The first-order valence-corrected chi connectivity index (χ1v) is 13.0. The Morgan fingerprint density at radius 1 is 1.06 bits per heavy atom. The fourth-order valence-corrected chi connectivity index (χ4v) is 5.67. The van der Waals surface area contributed by atoms with Crippen molar-refractivity contribution < 1.29 is 26.4 Å². The molecule has 9 nitrogen and oxygen atoms in total. The van der Waals surface area contributed by atoms with Gasteiger partial charge >= 0.3 is 0 Å². The quantitative estimate of drug-likeness (QED) is 0.665. The minimum Gasteiger partial charge on any atom is -0.476 e. The number of hydrogen-bond donors (Lipinski definition) is 1. The molecule has 1 amide bonds. The minimum atomic E-state index is -3.61. The number of carbonyl (C=O) groups excluding carboxylic acids is 1. The van der Waals surface area contributed by atoms with Gasteiger partial charge in [0.25, 0.3) is 5.91 Å². The Morgan fingerprint density at radius 2 is 1.68 bits per heavy atom. The largest absolute Gasteiger partial charge is 0.476 e. The molecule has 0 radical (unpaired) electrons. The molecule has 0 fully saturated rings. The Labute approximate surface area is 182 Å². The second-order valence-electron chi connectivity index (χ2n) is 6.97. The lowest BCUT2D eigenvalue weighted by Gasteiger charge is -2.33. The van der Waals surface area contributed by atoms with Crippen LogP contribution in [0.3, 0.4) is 0 Å². The van der Waals surface area contributed by atoms with Gasteiger partial charge in [-0.15, -0.1) is 0 Å². The van der Waals surface area contributed by atoms with E-state index in [4.69, 9.17) is 4.74 Å². The van der Waals surface area contributed by atoms with Crippen molar-refractivity contribution in [1.29, 1.82) is 0 Å². The second-order valence-corrected chi connectivity index (χ2v) is 10.8. The van der Waals surface area contributed by atoms with Crippen LogP contribution in [0.2, 0.25) is 0 Å². The van der Waals surface area contributed by atoms with E-state index < -0.39 is 32.1 Å². The number of ether oxygens (including phenoxy) is 1. The van der Waals surface area contributed by atoms with Crippen LogP contribution in [0.25, 0.3) is 0 Å². The SMILES string of the molecule is CCN(CC)S(=O)(=O)c1ccc(NC(=O)[C@@H]2CN(S(C)(=O)=O)c3ccccc3O2)cc1. The number of sulfonamides is 2. The number of nitrogens with one attached hydrogen (secondary N) is 1. The Morgan fingerprint density at radius 3 is 2.26 bits per heavy atom. The van der Waals surface area contributed by atoms with Gasteiger partial charge in [0.2, 0.25) is 20.0 Å². The predicted molar refractivity (Wildman–Crippen MR) is 118 cm³/mol. The van der Waals surface area contributed by atoms with E-state index in [1.807, 2.05) is 0 Å². The van der Waals surface area contributed by atoms with E-state index in [0.29, 0.717) is 30.2 Å². The van der Waals surface area contributed by atoms with Gasteiger partial charge in [-0.2, -0.15) is 4.31 Å². The van der Waals surface area contributed by atoms with Crippen molar-refractivity contribution >= 4 is 37.3 Å². The summed E-state index contributed by atoms with van der Waals surface area (Å²) < 4.78 is 57.7. The summed E-state index contributed by atoms with van der Waals surface area (Å²) in [5.74, 6) is -0.248. The smallest absolute Gasteiger partial charge is 0.267 e. The normalized spacial score (nSPS) is 16.5. The molecule has 1 N–H and O–H groups in total. The van der Waals surface area contributed by atoms with Gasteiger partial charge in [-0.05, 0) is 36.4 Å². The molecule has 2 aromatic rings. The number of fused-ring (bicyclic) bond motifs is 1. The summed E-state index contributed by atoms with van der Waals surface area (Å²) >= 11 is 0. The van der Waals surface area contributed by atoms with E-state index in [-0.39, 0.29) is 11.4 Å². The lowest BCUT2D eigenvalue weighted by molar-refractivity contribution is -0.122. The Bertz CT molecular complexity index is 1160. The van der Waals surface area contributed by atoms with E-state index in [9.17, 15) is 21.6 Å². The summed E-state index contributed by atoms with van der Waals surface area (Å²) in [5, 5.41) is 2.66. The third-order valence-electron chi connectivity index (χ3n) is 4.89. The molecule has 2 aromatic carbocycles. The van der Waals surface area contributed by atoms with Crippen LogP contribution in [0.5, 0.6) is 5.75 Å².